The monoisotopic (exact) mass is 326 g/mol. The van der Waals surface area contributed by atoms with Crippen LogP contribution in [0, 0.1) is 46.3 Å². The van der Waals surface area contributed by atoms with Crippen molar-refractivity contribution in [3.05, 3.63) is 0 Å². The Labute approximate surface area is 147 Å². The Hall–Kier alpha value is -0.330. The standard InChI is InChI=1S/C23H34O/c24-21(19-13-15-7-11-22(19)9-3-1-5-17(15)22)20-14-16-8-12-23(20)10-4-2-6-18(16)23/h15-20H,1-14H2. The summed E-state index contributed by atoms with van der Waals surface area (Å²) in [5.41, 5.74) is 0.977. The molecule has 0 aliphatic heterocycles. The summed E-state index contributed by atoms with van der Waals surface area (Å²) < 4.78 is 0. The number of ketones is 1. The molecule has 6 aliphatic rings. The van der Waals surface area contributed by atoms with Crippen molar-refractivity contribution >= 4 is 5.78 Å². The highest BCUT2D eigenvalue weighted by Crippen LogP contribution is 2.71. The van der Waals surface area contributed by atoms with Gasteiger partial charge >= 0.3 is 0 Å². The molecule has 24 heavy (non-hydrogen) atoms. The van der Waals surface area contributed by atoms with Gasteiger partial charge in [0.05, 0.1) is 0 Å². The van der Waals surface area contributed by atoms with Crippen LogP contribution in [0.1, 0.15) is 89.9 Å². The van der Waals surface area contributed by atoms with Gasteiger partial charge in [0.2, 0.25) is 0 Å². The van der Waals surface area contributed by atoms with Gasteiger partial charge in [0.15, 0.2) is 0 Å². The zero-order chi connectivity index (χ0) is 15.9. The third kappa shape index (κ3) is 1.62. The predicted octanol–water partition coefficient (Wildman–Crippen LogP) is 5.77. The molecule has 0 saturated heterocycles. The lowest BCUT2D eigenvalue weighted by atomic mass is 9.57. The normalized spacial score (nSPS) is 57.8. The number of hydrogen-bond donors (Lipinski definition) is 0. The Bertz CT molecular complexity index is 518. The molecular weight excluding hydrogens is 292 g/mol. The minimum absolute atomic E-state index is 0.489. The summed E-state index contributed by atoms with van der Waals surface area (Å²) >= 11 is 0. The molecule has 0 amide bonds. The molecule has 1 nitrogen and oxygen atoms in total. The van der Waals surface area contributed by atoms with Crippen molar-refractivity contribution in [2.75, 3.05) is 0 Å². The van der Waals surface area contributed by atoms with Crippen molar-refractivity contribution in [2.45, 2.75) is 89.9 Å². The van der Waals surface area contributed by atoms with Gasteiger partial charge in [-0.2, -0.15) is 0 Å². The molecular formula is C23H34O. The van der Waals surface area contributed by atoms with E-state index in [1.807, 2.05) is 0 Å². The lowest BCUT2D eigenvalue weighted by Gasteiger charge is -2.46. The van der Waals surface area contributed by atoms with Crippen molar-refractivity contribution in [2.24, 2.45) is 46.3 Å². The number of rotatable bonds is 2. The molecule has 8 atom stereocenters. The molecule has 1 heteroatoms. The van der Waals surface area contributed by atoms with Crippen LogP contribution in [0.2, 0.25) is 0 Å². The van der Waals surface area contributed by atoms with Gasteiger partial charge < -0.3 is 0 Å². The van der Waals surface area contributed by atoms with E-state index in [1.54, 1.807) is 0 Å². The van der Waals surface area contributed by atoms with Gasteiger partial charge in [-0.25, -0.2) is 0 Å². The average molecular weight is 327 g/mol. The summed E-state index contributed by atoms with van der Waals surface area (Å²) in [6.07, 6.45) is 19.7. The molecule has 6 fully saturated rings. The van der Waals surface area contributed by atoms with Gasteiger partial charge in [0.25, 0.3) is 0 Å². The summed E-state index contributed by atoms with van der Waals surface area (Å²) in [7, 11) is 0. The maximum Gasteiger partial charge on any atom is 0.140 e. The van der Waals surface area contributed by atoms with Crippen LogP contribution < -0.4 is 0 Å². The van der Waals surface area contributed by atoms with Crippen molar-refractivity contribution in [3.8, 4) is 0 Å². The molecule has 8 unspecified atom stereocenters. The molecule has 0 spiro atoms. The van der Waals surface area contributed by atoms with Crippen LogP contribution in [-0.4, -0.2) is 5.78 Å². The highest BCUT2D eigenvalue weighted by Gasteiger charge is 2.66. The first-order valence-electron chi connectivity index (χ1n) is 11.3. The van der Waals surface area contributed by atoms with Gasteiger partial charge in [-0.1, -0.05) is 25.7 Å². The van der Waals surface area contributed by atoms with E-state index in [4.69, 9.17) is 0 Å². The van der Waals surface area contributed by atoms with Crippen LogP contribution in [0.15, 0.2) is 0 Å². The Kier molecular flexibility index (Phi) is 3.01. The maximum atomic E-state index is 13.9. The zero-order valence-electron chi connectivity index (χ0n) is 15.3. The second-order valence-corrected chi connectivity index (χ2v) is 10.7. The quantitative estimate of drug-likeness (QED) is 0.629. The minimum atomic E-state index is 0.489. The zero-order valence-corrected chi connectivity index (χ0v) is 15.3. The lowest BCUT2D eigenvalue weighted by molar-refractivity contribution is -0.137. The van der Waals surface area contributed by atoms with Crippen LogP contribution in [0.4, 0.5) is 0 Å². The highest BCUT2D eigenvalue weighted by atomic mass is 16.1. The lowest BCUT2D eigenvalue weighted by Crippen LogP contribution is -2.44. The summed E-state index contributed by atoms with van der Waals surface area (Å²) in [4.78, 5) is 13.9. The van der Waals surface area contributed by atoms with E-state index in [2.05, 4.69) is 0 Å². The van der Waals surface area contributed by atoms with E-state index < -0.39 is 0 Å². The highest BCUT2D eigenvalue weighted by molar-refractivity contribution is 5.86. The Morgan fingerprint density at radius 2 is 1.12 bits per heavy atom. The Balaban J connectivity index is 1.33. The molecule has 0 radical (unpaired) electrons. The van der Waals surface area contributed by atoms with Crippen molar-refractivity contribution in [3.63, 3.8) is 0 Å². The fraction of sp³-hybridized carbons (Fsp3) is 0.957. The Morgan fingerprint density at radius 1 is 0.625 bits per heavy atom. The molecule has 132 valence electrons. The largest absolute Gasteiger partial charge is 0.299 e. The van der Waals surface area contributed by atoms with Gasteiger partial charge in [0.1, 0.15) is 5.78 Å². The number of hydrogen-bond acceptors (Lipinski definition) is 1. The first-order valence-corrected chi connectivity index (χ1v) is 11.3. The molecule has 0 N–H and O–H groups in total. The number of carbonyl (C=O) groups excluding carboxylic acids is 1. The third-order valence-corrected chi connectivity index (χ3v) is 10.5. The molecule has 0 aromatic carbocycles. The number of carbonyl (C=O) groups is 1. The first kappa shape index (κ1) is 14.8. The van der Waals surface area contributed by atoms with Crippen LogP contribution in [0.25, 0.3) is 0 Å². The summed E-state index contributed by atoms with van der Waals surface area (Å²) in [6, 6.07) is 0. The van der Waals surface area contributed by atoms with E-state index in [0.717, 1.165) is 29.5 Å². The van der Waals surface area contributed by atoms with E-state index in [-0.39, 0.29) is 0 Å². The van der Waals surface area contributed by atoms with Gasteiger partial charge in [-0.3, -0.25) is 4.79 Å². The third-order valence-electron chi connectivity index (χ3n) is 10.5. The Morgan fingerprint density at radius 3 is 1.62 bits per heavy atom. The molecule has 0 aromatic rings. The summed E-state index contributed by atoms with van der Waals surface area (Å²) in [6.45, 7) is 0. The SMILES string of the molecule is O=C(C1CC2CCC13CCCCC23)C1CC2CCC13CCCCC23. The van der Waals surface area contributed by atoms with Crippen molar-refractivity contribution in [1.82, 2.24) is 0 Å². The first-order chi connectivity index (χ1) is 11.7. The van der Waals surface area contributed by atoms with E-state index >= 15 is 0 Å². The molecule has 4 bridgehead atoms. The molecule has 6 aliphatic carbocycles. The van der Waals surface area contributed by atoms with Crippen molar-refractivity contribution in [1.29, 1.82) is 0 Å². The second-order valence-electron chi connectivity index (χ2n) is 10.7. The molecule has 0 heterocycles. The van der Waals surface area contributed by atoms with Crippen molar-refractivity contribution < 1.29 is 4.79 Å². The minimum Gasteiger partial charge on any atom is -0.299 e. The number of Topliss-reactive ketones (excluding diaryl/α,β-unsaturated/α-hetero) is 1. The topological polar surface area (TPSA) is 17.1 Å². The molecule has 6 rings (SSSR count). The average Bonchev–Trinajstić information content (AvgIpc) is 3.35. The smallest absolute Gasteiger partial charge is 0.140 e. The summed E-state index contributed by atoms with van der Waals surface area (Å²) in [5.74, 6) is 5.52. The second kappa shape index (κ2) is 4.89. The van der Waals surface area contributed by atoms with E-state index in [1.165, 1.54) is 89.9 Å². The molecule has 6 saturated carbocycles. The summed E-state index contributed by atoms with van der Waals surface area (Å²) in [5, 5.41) is 0. The van der Waals surface area contributed by atoms with Crippen LogP contribution >= 0.6 is 0 Å². The van der Waals surface area contributed by atoms with E-state index in [0.29, 0.717) is 22.7 Å². The van der Waals surface area contributed by atoms with Crippen LogP contribution in [-0.2, 0) is 4.79 Å². The van der Waals surface area contributed by atoms with Gasteiger partial charge in [0, 0.05) is 11.8 Å². The van der Waals surface area contributed by atoms with Crippen LogP contribution in [0.3, 0.4) is 0 Å². The predicted molar refractivity (Wildman–Crippen MR) is 95.5 cm³/mol. The fourth-order valence-electron chi connectivity index (χ4n) is 9.82. The molecule has 0 aromatic heterocycles. The van der Waals surface area contributed by atoms with Gasteiger partial charge in [-0.15, -0.1) is 0 Å². The van der Waals surface area contributed by atoms with Gasteiger partial charge in [-0.05, 0) is 98.7 Å². The van der Waals surface area contributed by atoms with E-state index in [9.17, 15) is 4.79 Å². The fourth-order valence-corrected chi connectivity index (χ4v) is 9.82. The maximum absolute atomic E-state index is 13.9. The van der Waals surface area contributed by atoms with Crippen LogP contribution in [0.5, 0.6) is 0 Å².